The van der Waals surface area contributed by atoms with Crippen LogP contribution in [0.3, 0.4) is 0 Å². The van der Waals surface area contributed by atoms with Crippen LogP contribution < -0.4 is 0 Å². The summed E-state index contributed by atoms with van der Waals surface area (Å²) in [5, 5.41) is 8.75. The van der Waals surface area contributed by atoms with Crippen molar-refractivity contribution in [2.75, 3.05) is 6.61 Å². The van der Waals surface area contributed by atoms with Gasteiger partial charge in [0.15, 0.2) is 12.1 Å². The third-order valence-corrected chi connectivity index (χ3v) is 6.17. The minimum absolute atomic E-state index is 0.0933. The number of ether oxygens (including phenoxy) is 2. The van der Waals surface area contributed by atoms with Crippen LogP contribution in [-0.2, 0) is 19.1 Å². The molecule has 5 heteroatoms. The van der Waals surface area contributed by atoms with Gasteiger partial charge < -0.3 is 14.6 Å². The fourth-order valence-electron chi connectivity index (χ4n) is 4.41. The quantitative estimate of drug-likeness (QED) is 0.217. The summed E-state index contributed by atoms with van der Waals surface area (Å²) in [7, 11) is 0. The lowest BCUT2D eigenvalue weighted by Gasteiger charge is -2.29. The number of unbranched alkanes of at least 4 members (excludes halogenated alkanes) is 3. The first-order valence-electron chi connectivity index (χ1n) is 11.9. The average molecular weight is 421 g/mol. The summed E-state index contributed by atoms with van der Waals surface area (Å²) in [4.78, 5) is 22.8. The summed E-state index contributed by atoms with van der Waals surface area (Å²) >= 11 is 0. The molecule has 0 bridgehead atoms. The molecule has 0 amide bonds. The molecule has 5 nitrogen and oxygen atoms in total. The second kappa shape index (κ2) is 14.5. The maximum absolute atomic E-state index is 12.2. The summed E-state index contributed by atoms with van der Waals surface area (Å²) in [5.74, 6) is 0.170. The largest absolute Gasteiger partial charge is 0.481 e. The van der Waals surface area contributed by atoms with Gasteiger partial charge in [0.2, 0.25) is 0 Å². The Labute approximate surface area is 181 Å². The lowest BCUT2D eigenvalue weighted by molar-refractivity contribution is -0.195. The van der Waals surface area contributed by atoms with Crippen molar-refractivity contribution in [3.63, 3.8) is 0 Å². The van der Waals surface area contributed by atoms with E-state index >= 15 is 0 Å². The Hall–Kier alpha value is -1.46. The molecule has 2 rings (SSSR count). The molecule has 0 spiro atoms. The van der Waals surface area contributed by atoms with E-state index < -0.39 is 5.97 Å². The number of allylic oxidation sites excluding steroid dienone is 4. The highest BCUT2D eigenvalue weighted by Gasteiger charge is 2.36. The number of carboxylic acid groups (broad SMARTS) is 1. The molecule has 1 heterocycles. The Morgan fingerprint density at radius 2 is 1.93 bits per heavy atom. The molecule has 4 atom stereocenters. The Balaban J connectivity index is 1.89. The van der Waals surface area contributed by atoms with Crippen LogP contribution in [0.1, 0.15) is 90.4 Å². The lowest BCUT2D eigenvalue weighted by atomic mass is 9.90. The molecule has 2 aliphatic rings. The summed E-state index contributed by atoms with van der Waals surface area (Å²) in [6, 6.07) is 0. The molecule has 0 radical (unpaired) electrons. The van der Waals surface area contributed by atoms with Gasteiger partial charge in [-0.2, -0.15) is 0 Å². The highest BCUT2D eigenvalue weighted by Crippen LogP contribution is 2.39. The van der Waals surface area contributed by atoms with Crippen LogP contribution in [0.5, 0.6) is 0 Å². The van der Waals surface area contributed by atoms with Crippen molar-refractivity contribution >= 4 is 11.8 Å². The van der Waals surface area contributed by atoms with Crippen molar-refractivity contribution in [1.82, 2.24) is 0 Å². The number of carboxylic acids is 1. The lowest BCUT2D eigenvalue weighted by Crippen LogP contribution is -2.31. The molecule has 1 saturated carbocycles. The number of carbonyl (C=O) groups excluding carboxylic acids is 1. The Morgan fingerprint density at radius 3 is 2.67 bits per heavy atom. The minimum atomic E-state index is -0.742. The highest BCUT2D eigenvalue weighted by atomic mass is 16.7. The first kappa shape index (κ1) is 24.8. The van der Waals surface area contributed by atoms with Gasteiger partial charge in [-0.15, -0.1) is 0 Å². The molecular weight excluding hydrogens is 380 g/mol. The maximum Gasteiger partial charge on any atom is 0.303 e. The van der Waals surface area contributed by atoms with E-state index in [1.54, 1.807) is 6.08 Å². The van der Waals surface area contributed by atoms with E-state index in [2.05, 4.69) is 25.2 Å². The Morgan fingerprint density at radius 1 is 1.07 bits per heavy atom. The molecule has 2 unspecified atom stereocenters. The zero-order chi connectivity index (χ0) is 21.6. The number of hydrogen-bond acceptors (Lipinski definition) is 4. The van der Waals surface area contributed by atoms with Crippen LogP contribution in [0.2, 0.25) is 0 Å². The third-order valence-electron chi connectivity index (χ3n) is 6.17. The van der Waals surface area contributed by atoms with Gasteiger partial charge in [0.25, 0.3) is 0 Å². The van der Waals surface area contributed by atoms with E-state index in [9.17, 15) is 9.59 Å². The standard InChI is InChI=1S/C25H40O5/c1-2-3-6-11-21(26)17-15-20-16-18-23(30-25-14-9-10-19-29-25)22(20)12-7-4-5-8-13-24(27)28/h4,7,15,17,20,22-23,25H,2-3,5-6,8-14,16,18-19H2,1H3,(H,27,28)/t20-,22-,23?,25?/m0/s1. The first-order valence-corrected chi connectivity index (χ1v) is 11.9. The first-order chi connectivity index (χ1) is 14.6. The van der Waals surface area contributed by atoms with Gasteiger partial charge in [0, 0.05) is 19.4 Å². The second-order valence-electron chi connectivity index (χ2n) is 8.65. The monoisotopic (exact) mass is 420 g/mol. The fourth-order valence-corrected chi connectivity index (χ4v) is 4.41. The van der Waals surface area contributed by atoms with Crippen LogP contribution in [0.4, 0.5) is 0 Å². The summed E-state index contributed by atoms with van der Waals surface area (Å²) in [6.45, 7) is 2.93. The van der Waals surface area contributed by atoms with Gasteiger partial charge in [0.05, 0.1) is 6.10 Å². The summed E-state index contributed by atoms with van der Waals surface area (Å²) < 4.78 is 12.1. The van der Waals surface area contributed by atoms with Crippen LogP contribution in [-0.4, -0.2) is 35.9 Å². The second-order valence-corrected chi connectivity index (χ2v) is 8.65. The van der Waals surface area contributed by atoms with Crippen molar-refractivity contribution in [3.05, 3.63) is 24.3 Å². The molecule has 2 fully saturated rings. The smallest absolute Gasteiger partial charge is 0.303 e. The maximum atomic E-state index is 12.2. The van der Waals surface area contributed by atoms with Gasteiger partial charge in [-0.05, 0) is 75.7 Å². The molecular formula is C25H40O5. The summed E-state index contributed by atoms with van der Waals surface area (Å²) in [6.07, 6.45) is 19.9. The molecule has 1 aliphatic heterocycles. The van der Waals surface area contributed by atoms with Crippen molar-refractivity contribution < 1.29 is 24.2 Å². The van der Waals surface area contributed by atoms with Gasteiger partial charge in [-0.1, -0.05) is 38.0 Å². The number of rotatable bonds is 14. The van der Waals surface area contributed by atoms with Crippen molar-refractivity contribution in [3.8, 4) is 0 Å². The van der Waals surface area contributed by atoms with E-state index in [4.69, 9.17) is 14.6 Å². The molecule has 170 valence electrons. The molecule has 1 aliphatic carbocycles. The predicted octanol–water partition coefficient (Wildman–Crippen LogP) is 5.83. The molecule has 0 aromatic heterocycles. The van der Waals surface area contributed by atoms with Gasteiger partial charge in [-0.3, -0.25) is 9.59 Å². The van der Waals surface area contributed by atoms with Gasteiger partial charge >= 0.3 is 5.97 Å². The number of ketones is 1. The number of aliphatic carboxylic acids is 1. The molecule has 0 aromatic carbocycles. The zero-order valence-corrected chi connectivity index (χ0v) is 18.6. The summed E-state index contributed by atoms with van der Waals surface area (Å²) in [5.41, 5.74) is 0. The van der Waals surface area contributed by atoms with E-state index in [1.807, 2.05) is 0 Å². The van der Waals surface area contributed by atoms with Crippen LogP contribution in [0.15, 0.2) is 24.3 Å². The Bertz CT molecular complexity index is 562. The number of carbonyl (C=O) groups is 2. The van der Waals surface area contributed by atoms with Crippen LogP contribution >= 0.6 is 0 Å². The molecule has 1 saturated heterocycles. The van der Waals surface area contributed by atoms with E-state index in [-0.39, 0.29) is 24.6 Å². The van der Waals surface area contributed by atoms with Gasteiger partial charge in [0.1, 0.15) is 0 Å². The molecule has 1 N–H and O–H groups in total. The van der Waals surface area contributed by atoms with Crippen LogP contribution in [0.25, 0.3) is 0 Å². The predicted molar refractivity (Wildman–Crippen MR) is 118 cm³/mol. The Kier molecular flexibility index (Phi) is 12.0. The minimum Gasteiger partial charge on any atom is -0.481 e. The van der Waals surface area contributed by atoms with E-state index in [0.29, 0.717) is 24.7 Å². The molecule has 0 aromatic rings. The van der Waals surface area contributed by atoms with Crippen molar-refractivity contribution in [2.45, 2.75) is 103 Å². The van der Waals surface area contributed by atoms with Crippen molar-refractivity contribution in [1.29, 1.82) is 0 Å². The van der Waals surface area contributed by atoms with Crippen molar-refractivity contribution in [2.24, 2.45) is 11.8 Å². The topological polar surface area (TPSA) is 72.8 Å². The van der Waals surface area contributed by atoms with E-state index in [1.165, 1.54) is 0 Å². The zero-order valence-electron chi connectivity index (χ0n) is 18.6. The highest BCUT2D eigenvalue weighted by molar-refractivity contribution is 5.89. The molecule has 30 heavy (non-hydrogen) atoms. The SMILES string of the molecule is CCCCCC(=O)C=C[C@H]1CCC(OC2CCCCO2)[C@H]1CC=CCCCC(=O)O. The normalized spacial score (nSPS) is 27.2. The van der Waals surface area contributed by atoms with E-state index in [0.717, 1.165) is 70.8 Å². The van der Waals surface area contributed by atoms with Crippen LogP contribution in [0, 0.1) is 11.8 Å². The fraction of sp³-hybridized carbons (Fsp3) is 0.760. The third kappa shape index (κ3) is 9.57. The van der Waals surface area contributed by atoms with Gasteiger partial charge in [-0.25, -0.2) is 0 Å². The average Bonchev–Trinajstić information content (AvgIpc) is 3.11. The number of hydrogen-bond donors (Lipinski definition) is 1.